The fourth-order valence-electron chi connectivity index (χ4n) is 2.22. The van der Waals surface area contributed by atoms with Crippen molar-refractivity contribution in [1.82, 2.24) is 15.2 Å². The van der Waals surface area contributed by atoms with Gasteiger partial charge in [0.05, 0.1) is 13.2 Å². The van der Waals surface area contributed by atoms with E-state index in [2.05, 4.69) is 29.9 Å². The van der Waals surface area contributed by atoms with E-state index in [1.54, 1.807) is 5.38 Å². The lowest BCUT2D eigenvalue weighted by Crippen LogP contribution is -2.28. The van der Waals surface area contributed by atoms with E-state index in [-0.39, 0.29) is 5.91 Å². The number of carbonyl (C=O) groups excluding carboxylic acids is 2. The number of nitrogens with one attached hydrogen (secondary N) is 1. The highest BCUT2D eigenvalue weighted by Gasteiger charge is 2.21. The highest BCUT2D eigenvalue weighted by Crippen LogP contribution is 2.15. The maximum absolute atomic E-state index is 12.2. The van der Waals surface area contributed by atoms with Crippen molar-refractivity contribution >= 4 is 31.4 Å². The molecule has 1 aliphatic heterocycles. The lowest BCUT2D eigenvalue weighted by atomic mass is 10.4. The Bertz CT molecular complexity index is 550. The molecule has 1 aromatic heterocycles. The molecule has 128 valence electrons. The molecule has 2 amide bonds. The van der Waals surface area contributed by atoms with Crippen LogP contribution in [0.2, 0.25) is 25.7 Å². The molecule has 6 nitrogen and oxygen atoms in total. The summed E-state index contributed by atoms with van der Waals surface area (Å²) in [7, 11) is -1.19. The van der Waals surface area contributed by atoms with Gasteiger partial charge in [0.15, 0.2) is 0 Å². The molecule has 0 bridgehead atoms. The summed E-state index contributed by atoms with van der Waals surface area (Å²) in [4.78, 5) is 30.0. The number of hydrogen-bond acceptors (Lipinski definition) is 5. The molecule has 1 fully saturated rings. The van der Waals surface area contributed by atoms with Gasteiger partial charge in [0.25, 0.3) is 5.91 Å². The molecule has 1 saturated heterocycles. The summed E-state index contributed by atoms with van der Waals surface area (Å²) in [6, 6.07) is 0.951. The molecular formula is C15H25N3O3SSi. The molecule has 0 radical (unpaired) electrons. The van der Waals surface area contributed by atoms with Gasteiger partial charge in [-0.2, -0.15) is 0 Å². The number of likely N-dealkylation sites (tertiary alicyclic amines) is 1. The van der Waals surface area contributed by atoms with Crippen LogP contribution in [0.3, 0.4) is 0 Å². The van der Waals surface area contributed by atoms with Crippen molar-refractivity contribution in [2.24, 2.45) is 0 Å². The van der Waals surface area contributed by atoms with Gasteiger partial charge >= 0.3 is 6.09 Å². The number of rotatable bonds is 6. The first-order valence-electron chi connectivity index (χ1n) is 7.99. The Morgan fingerprint density at radius 3 is 2.70 bits per heavy atom. The maximum atomic E-state index is 12.2. The number of aromatic nitrogens is 1. The normalized spacial score (nSPS) is 14.8. The Kier molecular flexibility index (Phi) is 6.17. The van der Waals surface area contributed by atoms with Crippen molar-refractivity contribution in [3.8, 4) is 0 Å². The van der Waals surface area contributed by atoms with Gasteiger partial charge in [-0.15, -0.1) is 11.3 Å². The van der Waals surface area contributed by atoms with Gasteiger partial charge in [0, 0.05) is 26.5 Å². The molecule has 0 atom stereocenters. The summed E-state index contributed by atoms with van der Waals surface area (Å²) >= 11 is 1.38. The average Bonchev–Trinajstić information content (AvgIpc) is 3.14. The predicted molar refractivity (Wildman–Crippen MR) is 93.6 cm³/mol. The number of thiazole rings is 1. The molecule has 23 heavy (non-hydrogen) atoms. The predicted octanol–water partition coefficient (Wildman–Crippen LogP) is 2.94. The summed E-state index contributed by atoms with van der Waals surface area (Å²) in [6.07, 6.45) is 1.70. The topological polar surface area (TPSA) is 71.5 Å². The molecule has 1 N–H and O–H groups in total. The molecular weight excluding hydrogens is 330 g/mol. The van der Waals surface area contributed by atoms with Crippen molar-refractivity contribution in [3.63, 3.8) is 0 Å². The number of ether oxygens (including phenoxy) is 1. The van der Waals surface area contributed by atoms with Crippen LogP contribution in [-0.2, 0) is 11.3 Å². The van der Waals surface area contributed by atoms with E-state index < -0.39 is 14.2 Å². The number of nitrogens with zero attached hydrogens (tertiary/aromatic N) is 2. The quantitative estimate of drug-likeness (QED) is 0.797. The van der Waals surface area contributed by atoms with E-state index in [9.17, 15) is 9.59 Å². The first-order chi connectivity index (χ1) is 10.8. The first kappa shape index (κ1) is 17.9. The second-order valence-corrected chi connectivity index (χ2v) is 13.5. The second-order valence-electron chi connectivity index (χ2n) is 6.93. The fourth-order valence-corrected chi connectivity index (χ4v) is 3.64. The average molecular weight is 356 g/mol. The first-order valence-corrected chi connectivity index (χ1v) is 12.6. The van der Waals surface area contributed by atoms with E-state index in [1.165, 1.54) is 11.3 Å². The van der Waals surface area contributed by atoms with E-state index in [0.717, 1.165) is 37.0 Å². The van der Waals surface area contributed by atoms with Crippen LogP contribution >= 0.6 is 11.3 Å². The van der Waals surface area contributed by atoms with Gasteiger partial charge in [-0.05, 0) is 18.9 Å². The maximum Gasteiger partial charge on any atom is 0.407 e. The summed E-state index contributed by atoms with van der Waals surface area (Å²) in [5.41, 5.74) is 0.473. The Morgan fingerprint density at radius 2 is 2.04 bits per heavy atom. The number of carbonyl (C=O) groups is 2. The minimum absolute atomic E-state index is 0.0114. The van der Waals surface area contributed by atoms with Gasteiger partial charge in [-0.1, -0.05) is 19.6 Å². The minimum Gasteiger partial charge on any atom is -0.450 e. The minimum atomic E-state index is -1.19. The fraction of sp³-hybridized carbons (Fsp3) is 0.667. The van der Waals surface area contributed by atoms with Crippen LogP contribution in [0.4, 0.5) is 4.79 Å². The zero-order valence-corrected chi connectivity index (χ0v) is 15.9. The smallest absolute Gasteiger partial charge is 0.407 e. The van der Waals surface area contributed by atoms with Crippen molar-refractivity contribution in [1.29, 1.82) is 0 Å². The van der Waals surface area contributed by atoms with E-state index in [4.69, 9.17) is 4.74 Å². The SMILES string of the molecule is C[Si](C)(C)CCOC(=O)NCc1nc(C(=O)N2CCCC2)cs1. The van der Waals surface area contributed by atoms with Crippen molar-refractivity contribution < 1.29 is 14.3 Å². The van der Waals surface area contributed by atoms with Gasteiger partial charge in [-0.25, -0.2) is 9.78 Å². The highest BCUT2D eigenvalue weighted by molar-refractivity contribution is 7.09. The van der Waals surface area contributed by atoms with Gasteiger partial charge in [0.2, 0.25) is 0 Å². The third kappa shape index (κ3) is 5.95. The molecule has 0 unspecified atom stereocenters. The van der Waals surface area contributed by atoms with Crippen LogP contribution in [0.15, 0.2) is 5.38 Å². The molecule has 2 rings (SSSR count). The van der Waals surface area contributed by atoms with Crippen LogP contribution in [-0.4, -0.2) is 49.7 Å². The molecule has 0 aromatic carbocycles. The van der Waals surface area contributed by atoms with Gasteiger partial charge in [0.1, 0.15) is 10.7 Å². The Labute approximate surface area is 142 Å². The monoisotopic (exact) mass is 355 g/mol. The van der Waals surface area contributed by atoms with Crippen LogP contribution in [0.5, 0.6) is 0 Å². The van der Waals surface area contributed by atoms with Crippen LogP contribution in [0.25, 0.3) is 0 Å². The van der Waals surface area contributed by atoms with E-state index in [1.807, 2.05) is 4.90 Å². The molecule has 0 aliphatic carbocycles. The van der Waals surface area contributed by atoms with Gasteiger partial charge < -0.3 is 15.0 Å². The van der Waals surface area contributed by atoms with Crippen molar-refractivity contribution in [2.45, 2.75) is 45.1 Å². The van der Waals surface area contributed by atoms with Crippen LogP contribution in [0, 0.1) is 0 Å². The lowest BCUT2D eigenvalue weighted by Gasteiger charge is -2.15. The van der Waals surface area contributed by atoms with Gasteiger partial charge in [-0.3, -0.25) is 4.79 Å². The molecule has 2 heterocycles. The summed E-state index contributed by atoms with van der Waals surface area (Å²) in [5.74, 6) is -0.0114. The third-order valence-electron chi connectivity index (χ3n) is 3.63. The van der Waals surface area contributed by atoms with Crippen molar-refractivity contribution in [2.75, 3.05) is 19.7 Å². The zero-order chi connectivity index (χ0) is 16.9. The molecule has 1 aromatic rings. The lowest BCUT2D eigenvalue weighted by molar-refractivity contribution is 0.0787. The highest BCUT2D eigenvalue weighted by atomic mass is 32.1. The standard InChI is InChI=1S/C15H25N3O3SSi/c1-23(2,3)9-8-21-15(20)16-10-13-17-12(11-22-13)14(19)18-6-4-5-7-18/h11H,4-10H2,1-3H3,(H,16,20). The molecule has 0 saturated carbocycles. The van der Waals surface area contributed by atoms with E-state index >= 15 is 0 Å². The Morgan fingerprint density at radius 1 is 1.35 bits per heavy atom. The summed E-state index contributed by atoms with van der Waals surface area (Å²) in [6.45, 7) is 9.09. The molecule has 1 aliphatic rings. The van der Waals surface area contributed by atoms with Crippen LogP contribution in [0.1, 0.15) is 28.3 Å². The Hall–Kier alpha value is -1.41. The largest absolute Gasteiger partial charge is 0.450 e. The third-order valence-corrected chi connectivity index (χ3v) is 6.19. The zero-order valence-electron chi connectivity index (χ0n) is 14.1. The van der Waals surface area contributed by atoms with Crippen molar-refractivity contribution in [3.05, 3.63) is 16.1 Å². The molecule has 0 spiro atoms. The Balaban J connectivity index is 1.74. The number of hydrogen-bond donors (Lipinski definition) is 1. The molecule has 8 heteroatoms. The summed E-state index contributed by atoms with van der Waals surface area (Å²) < 4.78 is 5.16. The van der Waals surface area contributed by atoms with E-state index in [0.29, 0.717) is 18.8 Å². The second kappa shape index (κ2) is 7.92. The van der Waals surface area contributed by atoms with Crippen LogP contribution < -0.4 is 5.32 Å². The number of alkyl carbamates (subject to hydrolysis) is 1. The summed E-state index contributed by atoms with van der Waals surface area (Å²) in [5, 5.41) is 5.16. The number of amides is 2.